The van der Waals surface area contributed by atoms with Gasteiger partial charge in [0.25, 0.3) is 0 Å². The molecule has 0 bridgehead atoms. The third-order valence-electron chi connectivity index (χ3n) is 11.1. The molecule has 5 N–H and O–H groups in total. The smallest absolute Gasteiger partial charge is 0.410 e. The number of nitrogens with one attached hydrogen (secondary N) is 5. The second-order valence-electron chi connectivity index (χ2n) is 17.1. The number of carbonyl (C=O) groups is 3. The van der Waals surface area contributed by atoms with Crippen LogP contribution in [-0.4, -0.2) is 76.6 Å². The highest BCUT2D eigenvalue weighted by molar-refractivity contribution is 7.23. The summed E-state index contributed by atoms with van der Waals surface area (Å²) < 4.78 is 7.89. The van der Waals surface area contributed by atoms with Gasteiger partial charge >= 0.3 is 6.09 Å². The highest BCUT2D eigenvalue weighted by Gasteiger charge is 2.32. The minimum absolute atomic E-state index is 0.0224. The summed E-state index contributed by atoms with van der Waals surface area (Å²) in [5.41, 5.74) is 6.07. The van der Waals surface area contributed by atoms with Crippen LogP contribution < -0.4 is 26.6 Å². The summed E-state index contributed by atoms with van der Waals surface area (Å²) in [6, 6.07) is 17.1. The monoisotopic (exact) mass is 928 g/mol. The Kier molecular flexibility index (Phi) is 15.7. The zero-order valence-electron chi connectivity index (χ0n) is 37.4. The van der Waals surface area contributed by atoms with Crippen LogP contribution in [-0.2, 0) is 40.3 Å². The number of rotatable bonds is 14. The summed E-state index contributed by atoms with van der Waals surface area (Å²) in [5, 5.41) is 20.2. The highest BCUT2D eigenvalue weighted by Crippen LogP contribution is 2.47. The number of para-hydroxylation sites is 2. The molecular weight excluding hydrogens is 869 g/mol. The third-order valence-corrected chi connectivity index (χ3v) is 15.5. The van der Waals surface area contributed by atoms with Gasteiger partial charge in [-0.3, -0.25) is 9.59 Å². The van der Waals surface area contributed by atoms with E-state index in [0.717, 1.165) is 84.1 Å². The molecule has 63 heavy (non-hydrogen) atoms. The van der Waals surface area contributed by atoms with E-state index in [1.807, 2.05) is 51.1 Å². The Hall–Kier alpha value is -4.29. The first-order valence-electron chi connectivity index (χ1n) is 22.1. The lowest BCUT2D eigenvalue weighted by molar-refractivity contribution is -0.116. The number of thiazole rings is 2. The number of hydrogen-bond donors (Lipinski definition) is 5. The van der Waals surface area contributed by atoms with E-state index in [9.17, 15) is 14.4 Å². The average Bonchev–Trinajstić information content (AvgIpc) is 4.04. The standard InChI is InChI=1S/C26H34N4O3S2.C21H26N4OS2/c1-6-16(2)27-13-11-21(31)29-24-22(23-28-18-9-7-8-10-19(18)34-23)17-12-14-30(15-20(17)35-24)25(32)33-26(3,4)5;1-3-13(2)23-11-9-18(26)25-21-19(14-8-10-22-12-17(14)28-21)20-24-15-6-4-5-7-16(15)27-20/h7-10,16,27H,6,11-15H2,1-5H3,(H,29,31);4-7,13,22-23H,3,8-12H2,1-2H3,(H,25,26)/t16-;13-/m00/s1. The van der Waals surface area contributed by atoms with Crippen molar-refractivity contribution in [2.45, 2.75) is 118 Å². The molecule has 0 unspecified atom stereocenters. The molecule has 336 valence electrons. The molecule has 8 rings (SSSR count). The van der Waals surface area contributed by atoms with Crippen molar-refractivity contribution >= 4 is 93.7 Å². The molecule has 0 saturated heterocycles. The summed E-state index contributed by atoms with van der Waals surface area (Å²) in [4.78, 5) is 52.0. The molecule has 12 nitrogen and oxygen atoms in total. The second kappa shape index (κ2) is 21.1. The number of amides is 3. The molecule has 2 aliphatic heterocycles. The maximum Gasteiger partial charge on any atom is 0.410 e. The van der Waals surface area contributed by atoms with Crippen LogP contribution in [0.5, 0.6) is 0 Å². The molecule has 2 atom stereocenters. The van der Waals surface area contributed by atoms with Gasteiger partial charge in [0.2, 0.25) is 11.8 Å². The molecule has 6 aromatic rings. The largest absolute Gasteiger partial charge is 0.444 e. The van der Waals surface area contributed by atoms with E-state index in [0.29, 0.717) is 57.5 Å². The van der Waals surface area contributed by atoms with Crippen LogP contribution in [0.3, 0.4) is 0 Å². The van der Waals surface area contributed by atoms with Gasteiger partial charge in [-0.1, -0.05) is 38.1 Å². The molecule has 2 aromatic carbocycles. The number of ether oxygens (including phenoxy) is 1. The fourth-order valence-electron chi connectivity index (χ4n) is 7.34. The molecule has 0 saturated carbocycles. The summed E-state index contributed by atoms with van der Waals surface area (Å²) in [6.45, 7) is 18.4. The van der Waals surface area contributed by atoms with E-state index in [2.05, 4.69) is 72.5 Å². The van der Waals surface area contributed by atoms with Gasteiger partial charge in [-0.05, 0) is 102 Å². The summed E-state index contributed by atoms with van der Waals surface area (Å²) in [5.74, 6) is 0.0375. The molecule has 4 aromatic heterocycles. The van der Waals surface area contributed by atoms with Crippen LogP contribution >= 0.6 is 45.3 Å². The third kappa shape index (κ3) is 11.9. The van der Waals surface area contributed by atoms with Gasteiger partial charge in [-0.15, -0.1) is 45.3 Å². The molecular formula is C47H60N8O4S4. The van der Waals surface area contributed by atoms with Crippen LogP contribution in [0.15, 0.2) is 48.5 Å². The van der Waals surface area contributed by atoms with E-state index in [1.165, 1.54) is 20.7 Å². The van der Waals surface area contributed by atoms with Gasteiger partial charge in [-0.25, -0.2) is 14.8 Å². The van der Waals surface area contributed by atoms with E-state index in [1.54, 1.807) is 50.2 Å². The summed E-state index contributed by atoms with van der Waals surface area (Å²) in [7, 11) is 0. The van der Waals surface area contributed by atoms with Crippen LogP contribution in [0, 0.1) is 0 Å². The molecule has 0 radical (unpaired) electrons. The maximum atomic E-state index is 12.8. The van der Waals surface area contributed by atoms with Crippen LogP contribution in [0.1, 0.15) is 95.0 Å². The summed E-state index contributed by atoms with van der Waals surface area (Å²) in [6.07, 6.45) is 4.33. The van der Waals surface area contributed by atoms with E-state index < -0.39 is 5.60 Å². The lowest BCUT2D eigenvalue weighted by atomic mass is 10.0. The van der Waals surface area contributed by atoms with Gasteiger partial charge in [0.15, 0.2) is 0 Å². The molecule has 0 spiro atoms. The summed E-state index contributed by atoms with van der Waals surface area (Å²) >= 11 is 6.58. The SMILES string of the molecule is CC[C@H](C)NCCC(=O)Nc1sc2c(c1-c1nc3ccccc3s1)CCN(C(=O)OC(C)(C)C)C2.CC[C@H](C)NCCC(=O)Nc1sc2c(c1-c1nc3ccccc3s1)CCNC2. The number of anilines is 2. The molecule has 3 amide bonds. The second-order valence-corrected chi connectivity index (χ2v) is 21.4. The van der Waals surface area contributed by atoms with Crippen LogP contribution in [0.2, 0.25) is 0 Å². The Balaban J connectivity index is 0.000000193. The minimum Gasteiger partial charge on any atom is -0.444 e. The van der Waals surface area contributed by atoms with Crippen molar-refractivity contribution in [3.63, 3.8) is 0 Å². The molecule has 0 aliphatic carbocycles. The van der Waals surface area contributed by atoms with Crippen molar-refractivity contribution in [2.24, 2.45) is 0 Å². The highest BCUT2D eigenvalue weighted by atomic mass is 32.1. The molecule has 0 fully saturated rings. The number of benzene rings is 2. The normalized spacial score (nSPS) is 14.7. The van der Waals surface area contributed by atoms with Gasteiger partial charge in [0.1, 0.15) is 25.6 Å². The lowest BCUT2D eigenvalue weighted by Crippen LogP contribution is -2.39. The Morgan fingerprint density at radius 2 is 1.25 bits per heavy atom. The Bertz CT molecular complexity index is 2470. The fourth-order valence-corrected chi connectivity index (χ4v) is 12.1. The number of fused-ring (bicyclic) bond motifs is 4. The van der Waals surface area contributed by atoms with Gasteiger partial charge in [0.05, 0.1) is 27.0 Å². The minimum atomic E-state index is -0.540. The number of carbonyl (C=O) groups excluding carboxylic acids is 3. The quantitative estimate of drug-likeness (QED) is 0.0720. The van der Waals surface area contributed by atoms with Crippen molar-refractivity contribution < 1.29 is 19.1 Å². The number of nitrogens with zero attached hydrogens (tertiary/aromatic N) is 3. The first-order chi connectivity index (χ1) is 30.3. The van der Waals surface area contributed by atoms with Crippen molar-refractivity contribution in [1.82, 2.24) is 30.8 Å². The maximum absolute atomic E-state index is 12.8. The number of hydrogen-bond acceptors (Lipinski definition) is 13. The van der Waals surface area contributed by atoms with Gasteiger partial charge in [0, 0.05) is 72.0 Å². The van der Waals surface area contributed by atoms with E-state index in [4.69, 9.17) is 14.7 Å². The first kappa shape index (κ1) is 46.7. The Morgan fingerprint density at radius 1 is 0.746 bits per heavy atom. The predicted molar refractivity (Wildman–Crippen MR) is 264 cm³/mol. The lowest BCUT2D eigenvalue weighted by Gasteiger charge is -2.30. The number of thiophene rings is 2. The van der Waals surface area contributed by atoms with Crippen molar-refractivity contribution in [1.29, 1.82) is 0 Å². The van der Waals surface area contributed by atoms with Gasteiger partial charge < -0.3 is 36.2 Å². The topological polar surface area (TPSA) is 150 Å². The van der Waals surface area contributed by atoms with Gasteiger partial charge in [-0.2, -0.15) is 0 Å². The average molecular weight is 929 g/mol. The Morgan fingerprint density at radius 3 is 1.76 bits per heavy atom. The zero-order chi connectivity index (χ0) is 44.7. The van der Waals surface area contributed by atoms with Crippen LogP contribution in [0.4, 0.5) is 14.8 Å². The predicted octanol–water partition coefficient (Wildman–Crippen LogP) is 10.4. The fraction of sp³-hybridized carbons (Fsp3) is 0.468. The van der Waals surface area contributed by atoms with Crippen molar-refractivity contribution in [3.05, 3.63) is 69.4 Å². The van der Waals surface area contributed by atoms with Crippen LogP contribution in [0.25, 0.3) is 41.6 Å². The molecule has 16 heteroatoms. The van der Waals surface area contributed by atoms with Crippen molar-refractivity contribution in [2.75, 3.05) is 36.8 Å². The van der Waals surface area contributed by atoms with Crippen molar-refractivity contribution in [3.8, 4) is 21.1 Å². The molecule has 6 heterocycles. The number of aromatic nitrogens is 2. The first-order valence-corrected chi connectivity index (χ1v) is 25.3. The van der Waals surface area contributed by atoms with E-state index >= 15 is 0 Å². The molecule has 2 aliphatic rings. The zero-order valence-corrected chi connectivity index (χ0v) is 40.6. The Labute approximate surface area is 386 Å². The van der Waals surface area contributed by atoms with E-state index in [-0.39, 0.29) is 17.9 Å².